The second-order valence-corrected chi connectivity index (χ2v) is 5.66. The molecule has 0 aromatic carbocycles. The topological polar surface area (TPSA) is 102 Å². The number of urea groups is 1. The van der Waals surface area contributed by atoms with Crippen LogP contribution in [0.4, 0.5) is 4.79 Å². The van der Waals surface area contributed by atoms with Crippen molar-refractivity contribution in [2.75, 3.05) is 6.61 Å². The number of rotatable bonds is 7. The first-order valence-corrected chi connectivity index (χ1v) is 7.92. The van der Waals surface area contributed by atoms with E-state index in [1.165, 1.54) is 0 Å². The summed E-state index contributed by atoms with van der Waals surface area (Å²) in [6.45, 7) is 8.49. The van der Waals surface area contributed by atoms with Crippen LogP contribution >= 0.6 is 0 Å². The summed E-state index contributed by atoms with van der Waals surface area (Å²) in [7, 11) is 0. The fourth-order valence-corrected chi connectivity index (χ4v) is 2.11. The van der Waals surface area contributed by atoms with Gasteiger partial charge in [-0.1, -0.05) is 19.0 Å². The molecule has 0 aliphatic rings. The summed E-state index contributed by atoms with van der Waals surface area (Å²) in [4.78, 5) is 20.4. The van der Waals surface area contributed by atoms with Crippen molar-refractivity contribution < 1.29 is 14.1 Å². The highest BCUT2D eigenvalue weighted by Crippen LogP contribution is 2.19. The number of ether oxygens (including phenoxy) is 1. The Morgan fingerprint density at radius 3 is 2.83 bits per heavy atom. The number of hydrogen-bond acceptors (Lipinski definition) is 6. The number of amides is 2. The minimum absolute atomic E-state index is 0.112. The van der Waals surface area contributed by atoms with Gasteiger partial charge in [0.1, 0.15) is 6.04 Å². The average molecular weight is 333 g/mol. The van der Waals surface area contributed by atoms with Crippen molar-refractivity contribution >= 4 is 6.03 Å². The summed E-state index contributed by atoms with van der Waals surface area (Å²) in [6.07, 6.45) is 1.65. The van der Waals surface area contributed by atoms with Crippen molar-refractivity contribution in [1.82, 2.24) is 25.8 Å². The molecular weight excluding hydrogens is 310 g/mol. The van der Waals surface area contributed by atoms with E-state index in [9.17, 15) is 4.79 Å². The predicted octanol–water partition coefficient (Wildman–Crippen LogP) is 2.37. The van der Waals surface area contributed by atoms with Crippen molar-refractivity contribution in [1.29, 1.82) is 0 Å². The molecule has 130 valence electrons. The number of nitrogens with zero attached hydrogens (tertiary/aromatic N) is 3. The summed E-state index contributed by atoms with van der Waals surface area (Å²) >= 11 is 0. The lowest BCUT2D eigenvalue weighted by atomic mass is 10.0. The molecule has 2 heterocycles. The van der Waals surface area contributed by atoms with Gasteiger partial charge in [-0.15, -0.1) is 0 Å². The molecule has 2 aromatic heterocycles. The standard InChI is InChI=1S/C16H23N5O3/c1-5-23-13-8-12(6-7-17-13)9-18-16(22)20-14(10(2)3)15-19-11(4)21-24-15/h6-8,10,14H,5,9H2,1-4H3,(H2,18,20,22). The highest BCUT2D eigenvalue weighted by Gasteiger charge is 2.23. The molecule has 0 aliphatic heterocycles. The summed E-state index contributed by atoms with van der Waals surface area (Å²) < 4.78 is 10.5. The van der Waals surface area contributed by atoms with E-state index in [1.807, 2.05) is 26.8 Å². The van der Waals surface area contributed by atoms with Gasteiger partial charge in [0.2, 0.25) is 11.8 Å². The molecule has 0 fully saturated rings. The van der Waals surface area contributed by atoms with Crippen molar-refractivity contribution in [3.63, 3.8) is 0 Å². The maximum Gasteiger partial charge on any atom is 0.315 e. The second kappa shape index (κ2) is 8.28. The first-order chi connectivity index (χ1) is 11.5. The molecule has 0 aliphatic carbocycles. The molecule has 2 rings (SSSR count). The summed E-state index contributed by atoms with van der Waals surface area (Å²) in [6, 6.07) is 2.97. The van der Waals surface area contributed by atoms with Gasteiger partial charge < -0.3 is 19.9 Å². The summed E-state index contributed by atoms with van der Waals surface area (Å²) in [5, 5.41) is 9.44. The Labute approximate surface area is 141 Å². The van der Waals surface area contributed by atoms with Gasteiger partial charge in [0.25, 0.3) is 0 Å². The highest BCUT2D eigenvalue weighted by atomic mass is 16.5. The van der Waals surface area contributed by atoms with Gasteiger partial charge in [-0.25, -0.2) is 9.78 Å². The van der Waals surface area contributed by atoms with Gasteiger partial charge in [-0.05, 0) is 31.4 Å². The third-order valence-corrected chi connectivity index (χ3v) is 3.31. The number of pyridine rings is 1. The van der Waals surface area contributed by atoms with Crippen molar-refractivity contribution in [3.8, 4) is 5.88 Å². The number of nitrogens with one attached hydrogen (secondary N) is 2. The first kappa shape index (κ1) is 17.7. The Kier molecular flexibility index (Phi) is 6.11. The van der Waals surface area contributed by atoms with Crippen LogP contribution in [0.1, 0.15) is 44.1 Å². The van der Waals surface area contributed by atoms with Crippen LogP contribution in [-0.2, 0) is 6.54 Å². The van der Waals surface area contributed by atoms with Crippen LogP contribution in [0.5, 0.6) is 5.88 Å². The average Bonchev–Trinajstić information content (AvgIpc) is 2.97. The summed E-state index contributed by atoms with van der Waals surface area (Å²) in [5.74, 6) is 1.60. The Morgan fingerprint density at radius 1 is 1.42 bits per heavy atom. The third kappa shape index (κ3) is 4.94. The number of carbonyl (C=O) groups excluding carboxylic acids is 1. The quantitative estimate of drug-likeness (QED) is 0.806. The largest absolute Gasteiger partial charge is 0.478 e. The lowest BCUT2D eigenvalue weighted by molar-refractivity contribution is 0.224. The van der Waals surface area contributed by atoms with Crippen LogP contribution < -0.4 is 15.4 Å². The molecule has 24 heavy (non-hydrogen) atoms. The molecule has 1 atom stereocenters. The normalized spacial score (nSPS) is 12.0. The van der Waals surface area contributed by atoms with Gasteiger partial charge in [0.05, 0.1) is 6.61 Å². The smallest absolute Gasteiger partial charge is 0.315 e. The minimum atomic E-state index is -0.345. The summed E-state index contributed by atoms with van der Waals surface area (Å²) in [5.41, 5.74) is 0.901. The van der Waals surface area contributed by atoms with Crippen LogP contribution in [0, 0.1) is 12.8 Å². The molecule has 8 heteroatoms. The van der Waals surface area contributed by atoms with E-state index < -0.39 is 0 Å². The molecule has 2 aromatic rings. The highest BCUT2D eigenvalue weighted by molar-refractivity contribution is 5.74. The van der Waals surface area contributed by atoms with E-state index in [-0.39, 0.29) is 18.0 Å². The maximum absolute atomic E-state index is 12.2. The molecule has 0 radical (unpaired) electrons. The van der Waals surface area contributed by atoms with E-state index in [0.29, 0.717) is 30.7 Å². The minimum Gasteiger partial charge on any atom is -0.478 e. The Morgan fingerprint density at radius 2 is 2.21 bits per heavy atom. The van der Waals surface area contributed by atoms with Crippen molar-refractivity contribution in [2.24, 2.45) is 5.92 Å². The van der Waals surface area contributed by atoms with Crippen LogP contribution in [0.15, 0.2) is 22.9 Å². The molecule has 1 unspecified atom stereocenters. The first-order valence-electron chi connectivity index (χ1n) is 7.92. The Bertz CT molecular complexity index is 671. The van der Waals surface area contributed by atoms with Crippen molar-refractivity contribution in [3.05, 3.63) is 35.6 Å². The maximum atomic E-state index is 12.2. The van der Waals surface area contributed by atoms with Gasteiger partial charge >= 0.3 is 6.03 Å². The molecular formula is C16H23N5O3. The zero-order valence-electron chi connectivity index (χ0n) is 14.4. The molecule has 0 saturated carbocycles. The van der Waals surface area contributed by atoms with E-state index in [1.54, 1.807) is 19.2 Å². The number of aromatic nitrogens is 3. The van der Waals surface area contributed by atoms with Gasteiger partial charge in [0, 0.05) is 18.8 Å². The third-order valence-electron chi connectivity index (χ3n) is 3.31. The SMILES string of the molecule is CCOc1cc(CNC(=O)NC(c2nc(C)no2)C(C)C)ccn1. The lowest BCUT2D eigenvalue weighted by Gasteiger charge is -2.19. The fraction of sp³-hybridized carbons (Fsp3) is 0.500. The van der Waals surface area contributed by atoms with Gasteiger partial charge in [-0.2, -0.15) is 4.98 Å². The molecule has 2 N–H and O–H groups in total. The van der Waals surface area contributed by atoms with E-state index in [4.69, 9.17) is 9.26 Å². The molecule has 0 saturated heterocycles. The zero-order valence-corrected chi connectivity index (χ0v) is 14.4. The molecule has 2 amide bonds. The van der Waals surface area contributed by atoms with Crippen LogP contribution in [0.2, 0.25) is 0 Å². The zero-order chi connectivity index (χ0) is 17.5. The predicted molar refractivity (Wildman–Crippen MR) is 87.4 cm³/mol. The second-order valence-electron chi connectivity index (χ2n) is 5.66. The monoisotopic (exact) mass is 333 g/mol. The van der Waals surface area contributed by atoms with Crippen molar-refractivity contribution in [2.45, 2.75) is 40.3 Å². The lowest BCUT2D eigenvalue weighted by Crippen LogP contribution is -2.39. The Hall–Kier alpha value is -2.64. The molecule has 0 bridgehead atoms. The van der Waals surface area contributed by atoms with Crippen LogP contribution in [0.25, 0.3) is 0 Å². The van der Waals surface area contributed by atoms with E-state index in [2.05, 4.69) is 25.8 Å². The van der Waals surface area contributed by atoms with E-state index in [0.717, 1.165) is 5.56 Å². The van der Waals surface area contributed by atoms with Gasteiger partial charge in [-0.3, -0.25) is 0 Å². The van der Waals surface area contributed by atoms with E-state index >= 15 is 0 Å². The molecule has 8 nitrogen and oxygen atoms in total. The number of hydrogen-bond donors (Lipinski definition) is 2. The van der Waals surface area contributed by atoms with Crippen LogP contribution in [0.3, 0.4) is 0 Å². The fourth-order valence-electron chi connectivity index (χ4n) is 2.11. The van der Waals surface area contributed by atoms with Gasteiger partial charge in [0.15, 0.2) is 5.82 Å². The number of carbonyl (C=O) groups is 1. The Balaban J connectivity index is 1.93. The molecule has 0 spiro atoms. The van der Waals surface area contributed by atoms with Crippen LogP contribution in [-0.4, -0.2) is 27.8 Å². The number of aryl methyl sites for hydroxylation is 1.